The van der Waals surface area contributed by atoms with E-state index in [4.69, 9.17) is 10.5 Å². The van der Waals surface area contributed by atoms with E-state index in [9.17, 15) is 0 Å². The first-order chi connectivity index (χ1) is 10.7. The Labute approximate surface area is 150 Å². The molecule has 122 valence electrons. The smallest absolute Gasteiger partial charge is 0.355 e. The maximum absolute atomic E-state index is 6.21. The summed E-state index contributed by atoms with van der Waals surface area (Å²) in [5.41, 5.74) is 8.51. The maximum atomic E-state index is 6.21. The molecule has 0 saturated carbocycles. The van der Waals surface area contributed by atoms with Crippen molar-refractivity contribution in [2.45, 2.75) is 13.0 Å². The molecule has 0 aliphatic rings. The van der Waals surface area contributed by atoms with Crippen molar-refractivity contribution in [2.24, 2.45) is 7.05 Å². The fraction of sp³-hybridized carbons (Fsp3) is 0.235. The molecule has 1 aromatic heterocycles. The lowest BCUT2D eigenvalue weighted by molar-refractivity contribution is -0.630. The summed E-state index contributed by atoms with van der Waals surface area (Å²) in [6.07, 6.45) is 0.902. The number of hydrogen-bond acceptors (Lipinski definition) is 2. The molecule has 1 heterocycles. The van der Waals surface area contributed by atoms with E-state index in [1.54, 1.807) is 0 Å². The number of hydrogen-bond donors (Lipinski definition) is 1. The Bertz CT molecular complexity index is 786. The van der Waals surface area contributed by atoms with Gasteiger partial charge in [0.2, 0.25) is 0 Å². The second kappa shape index (κ2) is 7.70. The largest absolute Gasteiger partial charge is 1.00 e. The van der Waals surface area contributed by atoms with Crippen LogP contribution in [0.25, 0.3) is 11.0 Å². The topological polar surface area (TPSA) is 44.1 Å². The van der Waals surface area contributed by atoms with Crippen molar-refractivity contribution in [3.8, 4) is 5.75 Å². The molecular formula is C17H19BrClN3O. The minimum absolute atomic E-state index is 0. The second-order valence-electron chi connectivity index (χ2n) is 5.21. The van der Waals surface area contributed by atoms with E-state index >= 15 is 0 Å². The number of aryl methyl sites for hydroxylation is 2. The molecule has 0 unspecified atom stereocenters. The van der Waals surface area contributed by atoms with E-state index < -0.39 is 0 Å². The van der Waals surface area contributed by atoms with Gasteiger partial charge in [-0.2, -0.15) is 0 Å². The van der Waals surface area contributed by atoms with Crippen LogP contribution in [0.1, 0.15) is 6.42 Å². The van der Waals surface area contributed by atoms with E-state index in [-0.39, 0.29) is 12.4 Å². The molecule has 0 aliphatic carbocycles. The number of halogens is 2. The van der Waals surface area contributed by atoms with Crippen LogP contribution >= 0.6 is 15.9 Å². The van der Waals surface area contributed by atoms with Crippen molar-refractivity contribution in [1.82, 2.24) is 4.57 Å². The SMILES string of the molecule is C[n+]1c(N)n(CCCOc2ccc(Br)cc2)c2ccccc21.[Cl-]. The lowest BCUT2D eigenvalue weighted by Gasteiger charge is -2.06. The lowest BCUT2D eigenvalue weighted by Crippen LogP contribution is -3.00. The summed E-state index contributed by atoms with van der Waals surface area (Å²) in [7, 11) is 1.99. The summed E-state index contributed by atoms with van der Waals surface area (Å²) in [4.78, 5) is 0. The number of anilines is 1. The monoisotopic (exact) mass is 395 g/mol. The lowest BCUT2D eigenvalue weighted by atomic mass is 10.3. The van der Waals surface area contributed by atoms with Crippen LogP contribution in [0.4, 0.5) is 5.95 Å². The Morgan fingerprint density at radius 3 is 2.57 bits per heavy atom. The van der Waals surface area contributed by atoms with Gasteiger partial charge in [0.25, 0.3) is 0 Å². The quantitative estimate of drug-likeness (QED) is 0.497. The fourth-order valence-electron chi connectivity index (χ4n) is 2.58. The zero-order valence-electron chi connectivity index (χ0n) is 12.9. The van der Waals surface area contributed by atoms with Crippen LogP contribution in [0.15, 0.2) is 53.0 Å². The average Bonchev–Trinajstić information content (AvgIpc) is 2.78. The van der Waals surface area contributed by atoms with Crippen molar-refractivity contribution in [3.63, 3.8) is 0 Å². The predicted octanol–water partition coefficient (Wildman–Crippen LogP) is 0.284. The third kappa shape index (κ3) is 3.79. The third-order valence-corrected chi connectivity index (χ3v) is 4.29. The number of aromatic nitrogens is 2. The summed E-state index contributed by atoms with van der Waals surface area (Å²) in [6.45, 7) is 1.50. The molecule has 0 fully saturated rings. The zero-order valence-corrected chi connectivity index (χ0v) is 15.2. The first-order valence-electron chi connectivity index (χ1n) is 7.28. The molecule has 6 heteroatoms. The van der Waals surface area contributed by atoms with E-state index in [0.717, 1.165) is 40.2 Å². The Kier molecular flexibility index (Phi) is 5.91. The van der Waals surface area contributed by atoms with Crippen molar-refractivity contribution >= 4 is 32.9 Å². The predicted molar refractivity (Wildman–Crippen MR) is 91.8 cm³/mol. The molecule has 0 saturated heterocycles. The highest BCUT2D eigenvalue weighted by Gasteiger charge is 2.17. The average molecular weight is 397 g/mol. The molecule has 3 aromatic rings. The number of benzene rings is 2. The maximum Gasteiger partial charge on any atom is 0.355 e. The van der Waals surface area contributed by atoms with Crippen LogP contribution in [0, 0.1) is 0 Å². The first-order valence-corrected chi connectivity index (χ1v) is 8.07. The Hall–Kier alpha value is -1.72. The minimum atomic E-state index is 0. The molecule has 0 aliphatic heterocycles. The molecule has 2 N–H and O–H groups in total. The highest BCUT2D eigenvalue weighted by Crippen LogP contribution is 2.18. The van der Waals surface area contributed by atoms with E-state index in [1.165, 1.54) is 0 Å². The third-order valence-electron chi connectivity index (χ3n) is 3.76. The molecule has 0 amide bonds. The van der Waals surface area contributed by atoms with Gasteiger partial charge in [0.1, 0.15) is 16.8 Å². The van der Waals surface area contributed by atoms with Crippen LogP contribution in [0.3, 0.4) is 0 Å². The molecule has 0 radical (unpaired) electrons. The molecule has 2 aromatic carbocycles. The van der Waals surface area contributed by atoms with Gasteiger partial charge in [0.15, 0.2) is 0 Å². The van der Waals surface area contributed by atoms with Gasteiger partial charge >= 0.3 is 5.95 Å². The molecule has 3 rings (SSSR count). The molecule has 0 bridgehead atoms. The highest BCUT2D eigenvalue weighted by atomic mass is 79.9. The minimum Gasteiger partial charge on any atom is -1.00 e. The van der Waals surface area contributed by atoms with Crippen LogP contribution < -0.4 is 27.4 Å². The highest BCUT2D eigenvalue weighted by molar-refractivity contribution is 9.10. The van der Waals surface area contributed by atoms with Gasteiger partial charge in [-0.3, -0.25) is 5.73 Å². The van der Waals surface area contributed by atoms with Crippen molar-refractivity contribution in [1.29, 1.82) is 0 Å². The molecular weight excluding hydrogens is 378 g/mol. The van der Waals surface area contributed by atoms with Gasteiger partial charge in [-0.1, -0.05) is 28.1 Å². The van der Waals surface area contributed by atoms with Gasteiger partial charge in [-0.05, 0) is 36.4 Å². The van der Waals surface area contributed by atoms with E-state index in [0.29, 0.717) is 6.61 Å². The van der Waals surface area contributed by atoms with E-state index in [2.05, 4.69) is 32.6 Å². The number of ether oxygens (including phenoxy) is 1. The number of para-hydroxylation sites is 2. The zero-order chi connectivity index (χ0) is 15.5. The van der Waals surface area contributed by atoms with Gasteiger partial charge in [-0.25, -0.2) is 9.13 Å². The van der Waals surface area contributed by atoms with Crippen LogP contribution in [-0.4, -0.2) is 11.2 Å². The van der Waals surface area contributed by atoms with Gasteiger partial charge < -0.3 is 17.1 Å². The van der Waals surface area contributed by atoms with Crippen molar-refractivity contribution in [2.75, 3.05) is 12.3 Å². The Morgan fingerprint density at radius 2 is 1.83 bits per heavy atom. The molecule has 0 spiro atoms. The standard InChI is InChI=1S/C17H18BrN3O.ClH/c1-20-15-5-2-3-6-16(15)21(17(20)19)11-4-12-22-14-9-7-13(18)8-10-14;/h2-3,5-10,19H,4,11-12H2,1H3;1H. The van der Waals surface area contributed by atoms with Crippen LogP contribution in [0.5, 0.6) is 5.75 Å². The summed E-state index contributed by atoms with van der Waals surface area (Å²) in [5.74, 6) is 1.66. The Balaban J connectivity index is 0.00000192. The summed E-state index contributed by atoms with van der Waals surface area (Å²) in [5, 5.41) is 0. The molecule has 23 heavy (non-hydrogen) atoms. The summed E-state index contributed by atoms with van der Waals surface area (Å²) < 4.78 is 11.0. The molecule has 4 nitrogen and oxygen atoms in total. The van der Waals surface area contributed by atoms with Crippen molar-refractivity contribution < 1.29 is 21.7 Å². The van der Waals surface area contributed by atoms with Gasteiger partial charge in [0.05, 0.1) is 20.2 Å². The number of fused-ring (bicyclic) bond motifs is 1. The Morgan fingerprint density at radius 1 is 1.13 bits per heavy atom. The second-order valence-corrected chi connectivity index (χ2v) is 6.13. The number of rotatable bonds is 5. The first kappa shape index (κ1) is 17.6. The van der Waals surface area contributed by atoms with Crippen molar-refractivity contribution in [3.05, 3.63) is 53.0 Å². The molecule has 0 atom stereocenters. The summed E-state index contributed by atoms with van der Waals surface area (Å²) in [6, 6.07) is 16.1. The van der Waals surface area contributed by atoms with Crippen LogP contribution in [-0.2, 0) is 13.6 Å². The fourth-order valence-corrected chi connectivity index (χ4v) is 2.85. The van der Waals surface area contributed by atoms with Crippen LogP contribution in [0.2, 0.25) is 0 Å². The number of nitrogen functional groups attached to an aromatic ring is 1. The van der Waals surface area contributed by atoms with E-state index in [1.807, 2.05) is 48.0 Å². The number of imidazole rings is 1. The summed E-state index contributed by atoms with van der Waals surface area (Å²) >= 11 is 3.42. The van der Waals surface area contributed by atoms with Gasteiger partial charge in [-0.15, -0.1) is 0 Å². The number of nitrogens with zero attached hydrogens (tertiary/aromatic N) is 2. The number of nitrogens with two attached hydrogens (primary N) is 1. The normalized spacial score (nSPS) is 10.5. The van der Waals surface area contributed by atoms with Gasteiger partial charge in [0, 0.05) is 10.9 Å².